The maximum atomic E-state index is 12.1. The first-order chi connectivity index (χ1) is 16.8. The van der Waals surface area contributed by atoms with Crippen molar-refractivity contribution in [1.29, 1.82) is 10.8 Å². The Kier molecular flexibility index (Phi) is 10.8. The van der Waals surface area contributed by atoms with Crippen LogP contribution in [-0.4, -0.2) is 46.8 Å². The summed E-state index contributed by atoms with van der Waals surface area (Å²) in [6.07, 6.45) is 2.95. The van der Waals surface area contributed by atoms with Crippen LogP contribution in [0.5, 0.6) is 5.75 Å². The summed E-state index contributed by atoms with van der Waals surface area (Å²) in [7, 11) is 0. The summed E-state index contributed by atoms with van der Waals surface area (Å²) in [5, 5.41) is 27.5. The molecule has 1 saturated heterocycles. The number of hydrogen-bond acceptors (Lipinski definition) is 4. The fourth-order valence-corrected chi connectivity index (χ4v) is 4.61. The fraction of sp³-hybridized carbons (Fsp3) is 0.321. The highest BCUT2D eigenvalue weighted by Crippen LogP contribution is 2.27. The molecule has 198 valence electrons. The monoisotopic (exact) mass is 544 g/mol. The lowest BCUT2D eigenvalue weighted by Crippen LogP contribution is -2.41. The van der Waals surface area contributed by atoms with E-state index in [0.717, 1.165) is 60.0 Å². The number of rotatable bonds is 8. The average Bonchev–Trinajstić information content (AvgIpc) is 2.87. The number of carboxylic acids is 1. The lowest BCUT2D eigenvalue weighted by atomic mass is 9.91. The minimum absolute atomic E-state index is 0. The van der Waals surface area contributed by atoms with Crippen molar-refractivity contribution < 1.29 is 14.6 Å². The first-order valence-corrected chi connectivity index (χ1v) is 12.0. The second-order valence-corrected chi connectivity index (χ2v) is 9.08. The van der Waals surface area contributed by atoms with Crippen LogP contribution in [0.4, 0.5) is 0 Å². The normalized spacial score (nSPS) is 14.2. The van der Waals surface area contributed by atoms with Crippen LogP contribution in [0, 0.1) is 10.8 Å². The Hall–Kier alpha value is -3.29. The van der Waals surface area contributed by atoms with E-state index in [1.54, 1.807) is 0 Å². The van der Waals surface area contributed by atoms with E-state index in [1.807, 2.05) is 67.6 Å². The molecule has 1 aliphatic heterocycles. The molecule has 1 fully saturated rings. The summed E-state index contributed by atoms with van der Waals surface area (Å²) in [6.45, 7) is 3.66. The molecule has 4 rings (SSSR count). The molecule has 5 N–H and O–H groups in total. The van der Waals surface area contributed by atoms with Crippen molar-refractivity contribution in [3.8, 4) is 5.75 Å². The number of carbonyl (C=O) groups is 1. The van der Waals surface area contributed by atoms with E-state index < -0.39 is 11.9 Å². The maximum Gasteiger partial charge on any atom is 0.311 e. The van der Waals surface area contributed by atoms with Gasteiger partial charge in [0.05, 0.1) is 11.8 Å². The summed E-state index contributed by atoms with van der Waals surface area (Å²) >= 11 is 0. The molecular weight excluding hydrogens is 511 g/mol. The smallest absolute Gasteiger partial charge is 0.311 e. The minimum atomic E-state index is -0.873. The number of aliphatic carboxylic acids is 1. The standard InChI is InChI=1S/C28H32N4O3.2ClH/c1-2-26(29)32-13-11-24(12-14-32)35-23-9-7-20(8-10-23)25(28(33)34)16-18-3-4-19-5-6-21(27(30)31)17-22(19)15-18;;/h3-10,15,17,24-25,29H,2,11-14,16H2,1H3,(H3,30,31)(H,33,34);2*1H. The number of ether oxygens (including phenoxy) is 1. The van der Waals surface area contributed by atoms with Crippen molar-refractivity contribution in [2.24, 2.45) is 5.73 Å². The third-order valence-electron chi connectivity index (χ3n) is 6.70. The van der Waals surface area contributed by atoms with Gasteiger partial charge in [-0.15, -0.1) is 24.8 Å². The van der Waals surface area contributed by atoms with Gasteiger partial charge in [-0.3, -0.25) is 15.6 Å². The Morgan fingerprint density at radius 1 is 1.03 bits per heavy atom. The quantitative estimate of drug-likeness (QED) is 0.217. The number of likely N-dealkylation sites (tertiary alicyclic amines) is 1. The Labute approximate surface area is 229 Å². The zero-order chi connectivity index (χ0) is 24.9. The zero-order valence-corrected chi connectivity index (χ0v) is 22.4. The maximum absolute atomic E-state index is 12.1. The van der Waals surface area contributed by atoms with Crippen LogP contribution in [0.2, 0.25) is 0 Å². The molecule has 0 amide bonds. The average molecular weight is 546 g/mol. The van der Waals surface area contributed by atoms with Crippen molar-refractivity contribution in [1.82, 2.24) is 4.90 Å². The third-order valence-corrected chi connectivity index (χ3v) is 6.70. The van der Waals surface area contributed by atoms with Gasteiger partial charge in [0.1, 0.15) is 17.7 Å². The van der Waals surface area contributed by atoms with Gasteiger partial charge in [-0.05, 0) is 46.5 Å². The van der Waals surface area contributed by atoms with Crippen molar-refractivity contribution in [2.45, 2.75) is 44.6 Å². The molecule has 0 aromatic heterocycles. The van der Waals surface area contributed by atoms with Crippen molar-refractivity contribution in [2.75, 3.05) is 13.1 Å². The molecule has 3 aromatic rings. The summed E-state index contributed by atoms with van der Waals surface area (Å²) in [4.78, 5) is 14.2. The van der Waals surface area contributed by atoms with Crippen LogP contribution in [0.15, 0.2) is 60.7 Å². The number of nitrogens with one attached hydrogen (secondary N) is 2. The third kappa shape index (κ3) is 7.37. The Morgan fingerprint density at radius 2 is 1.68 bits per heavy atom. The fourth-order valence-electron chi connectivity index (χ4n) is 4.61. The van der Waals surface area contributed by atoms with E-state index in [1.165, 1.54) is 0 Å². The number of piperidine rings is 1. The molecule has 3 aromatic carbocycles. The molecule has 1 atom stereocenters. The van der Waals surface area contributed by atoms with Crippen molar-refractivity contribution in [3.05, 3.63) is 77.4 Å². The highest BCUT2D eigenvalue weighted by Gasteiger charge is 2.23. The first-order valence-electron chi connectivity index (χ1n) is 12.0. The van der Waals surface area contributed by atoms with Gasteiger partial charge < -0.3 is 20.5 Å². The Bertz CT molecular complexity index is 1240. The van der Waals surface area contributed by atoms with Crippen LogP contribution < -0.4 is 10.5 Å². The molecule has 1 heterocycles. The predicted molar refractivity (Wildman–Crippen MR) is 153 cm³/mol. The Balaban J connectivity index is 0.00000241. The van der Waals surface area contributed by atoms with Gasteiger partial charge in [-0.25, -0.2) is 0 Å². The summed E-state index contributed by atoms with van der Waals surface area (Å²) in [5.74, 6) is -0.126. The van der Waals surface area contributed by atoms with E-state index in [9.17, 15) is 9.90 Å². The molecule has 0 aliphatic carbocycles. The predicted octanol–water partition coefficient (Wildman–Crippen LogP) is 5.61. The number of halogens is 2. The van der Waals surface area contributed by atoms with Crippen molar-refractivity contribution in [3.63, 3.8) is 0 Å². The van der Waals surface area contributed by atoms with E-state index in [4.69, 9.17) is 21.3 Å². The molecule has 0 bridgehead atoms. The summed E-state index contributed by atoms with van der Waals surface area (Å²) in [6, 6.07) is 18.9. The van der Waals surface area contributed by atoms with E-state index in [0.29, 0.717) is 17.8 Å². The van der Waals surface area contributed by atoms with Gasteiger partial charge >= 0.3 is 5.97 Å². The number of nitrogens with two attached hydrogens (primary N) is 1. The molecule has 0 spiro atoms. The van der Waals surface area contributed by atoms with Gasteiger partial charge in [-0.1, -0.05) is 49.4 Å². The molecular formula is C28H34Cl2N4O3. The van der Waals surface area contributed by atoms with Crippen LogP contribution in [0.25, 0.3) is 10.8 Å². The minimum Gasteiger partial charge on any atom is -0.490 e. The number of carboxylic acid groups (broad SMARTS) is 1. The topological polar surface area (TPSA) is 123 Å². The summed E-state index contributed by atoms with van der Waals surface area (Å²) in [5.41, 5.74) is 7.91. The first kappa shape index (κ1) is 29.9. The highest BCUT2D eigenvalue weighted by atomic mass is 35.5. The summed E-state index contributed by atoms with van der Waals surface area (Å²) < 4.78 is 6.14. The highest BCUT2D eigenvalue weighted by molar-refractivity contribution is 5.99. The van der Waals surface area contributed by atoms with Crippen LogP contribution in [-0.2, 0) is 11.2 Å². The van der Waals surface area contributed by atoms with Gasteiger partial charge in [0, 0.05) is 37.9 Å². The molecule has 9 heteroatoms. The number of fused-ring (bicyclic) bond motifs is 1. The van der Waals surface area contributed by atoms with Crippen LogP contribution in [0.3, 0.4) is 0 Å². The van der Waals surface area contributed by atoms with Gasteiger partial charge in [-0.2, -0.15) is 0 Å². The zero-order valence-electron chi connectivity index (χ0n) is 20.8. The number of amidine groups is 2. The second-order valence-electron chi connectivity index (χ2n) is 9.08. The van der Waals surface area contributed by atoms with Gasteiger partial charge in [0.2, 0.25) is 0 Å². The van der Waals surface area contributed by atoms with Crippen molar-refractivity contribution >= 4 is 53.2 Å². The molecule has 1 aliphatic rings. The van der Waals surface area contributed by atoms with Crippen LogP contribution in [0.1, 0.15) is 48.8 Å². The number of hydrogen-bond donors (Lipinski definition) is 4. The van der Waals surface area contributed by atoms with E-state index in [-0.39, 0.29) is 36.8 Å². The second kappa shape index (κ2) is 13.3. The van der Waals surface area contributed by atoms with Crippen LogP contribution >= 0.6 is 24.8 Å². The number of benzene rings is 3. The molecule has 1 unspecified atom stereocenters. The SMILES string of the molecule is CCC(=N)N1CCC(Oc2ccc(C(Cc3ccc4ccc(C(=N)N)cc4c3)C(=O)O)cc2)CC1.Cl.Cl. The lowest BCUT2D eigenvalue weighted by molar-refractivity contribution is -0.138. The largest absolute Gasteiger partial charge is 0.490 e. The number of nitrogen functional groups attached to an aromatic ring is 1. The van der Waals surface area contributed by atoms with E-state index >= 15 is 0 Å². The number of nitrogens with zero attached hydrogens (tertiary/aromatic N) is 1. The van der Waals surface area contributed by atoms with E-state index in [2.05, 4.69) is 4.90 Å². The lowest BCUT2D eigenvalue weighted by Gasteiger charge is -2.33. The van der Waals surface area contributed by atoms with Gasteiger partial charge in [0.25, 0.3) is 0 Å². The molecule has 0 saturated carbocycles. The molecule has 7 nitrogen and oxygen atoms in total. The molecule has 0 radical (unpaired) electrons. The van der Waals surface area contributed by atoms with Gasteiger partial charge in [0.15, 0.2) is 0 Å². The molecule has 37 heavy (non-hydrogen) atoms. The Morgan fingerprint density at radius 3 is 2.27 bits per heavy atom.